The maximum Gasteiger partial charge on any atom is 0.573 e. The Hall–Kier alpha value is -3.55. The van der Waals surface area contributed by atoms with Gasteiger partial charge in [-0.25, -0.2) is 0 Å². The maximum absolute atomic E-state index is 12.5. The zero-order valence-electron chi connectivity index (χ0n) is 16.3. The number of nitrogens with one attached hydrogen (secondary N) is 1. The van der Waals surface area contributed by atoms with Gasteiger partial charge in [-0.1, -0.05) is 6.92 Å². The number of alkyl halides is 3. The number of rotatable bonds is 6. The molecule has 2 aromatic carbocycles. The Morgan fingerprint density at radius 1 is 0.933 bits per heavy atom. The van der Waals surface area contributed by atoms with Crippen molar-refractivity contribution in [3.63, 3.8) is 0 Å². The second-order valence-corrected chi connectivity index (χ2v) is 6.39. The number of hydrogen-bond acceptors (Lipinski definition) is 4. The molecule has 0 aliphatic rings. The van der Waals surface area contributed by atoms with Crippen molar-refractivity contribution < 1.29 is 27.4 Å². The minimum Gasteiger partial charge on any atom is -0.457 e. The molecule has 1 N–H and O–H groups in total. The summed E-state index contributed by atoms with van der Waals surface area (Å²) >= 11 is 0. The first-order chi connectivity index (χ1) is 14.2. The van der Waals surface area contributed by atoms with Crippen LogP contribution in [0.3, 0.4) is 0 Å². The monoisotopic (exact) mass is 416 g/mol. The average molecular weight is 416 g/mol. The summed E-state index contributed by atoms with van der Waals surface area (Å²) in [7, 11) is 0. The van der Waals surface area contributed by atoms with E-state index < -0.39 is 6.36 Å². The SMILES string of the molecule is CCc1ccc(C(=O)Nc2ccc(Oc3ccc(OC(F)(F)F)cc3)cc2)c(C)n1. The Kier molecular flexibility index (Phi) is 6.25. The molecule has 0 saturated heterocycles. The minimum atomic E-state index is -4.74. The van der Waals surface area contributed by atoms with Gasteiger partial charge in [0, 0.05) is 11.4 Å². The van der Waals surface area contributed by atoms with Crippen LogP contribution in [0, 0.1) is 6.92 Å². The highest BCUT2D eigenvalue weighted by atomic mass is 19.4. The van der Waals surface area contributed by atoms with Crippen LogP contribution in [0.5, 0.6) is 17.2 Å². The fourth-order valence-corrected chi connectivity index (χ4v) is 2.70. The van der Waals surface area contributed by atoms with E-state index in [1.165, 1.54) is 12.1 Å². The van der Waals surface area contributed by atoms with E-state index in [-0.39, 0.29) is 11.7 Å². The summed E-state index contributed by atoms with van der Waals surface area (Å²) in [6.45, 7) is 3.78. The standard InChI is InChI=1S/C22H19F3N2O3/c1-3-15-6-13-20(14(2)26-15)21(28)27-16-4-7-17(8-5-16)29-18-9-11-19(12-10-18)30-22(23,24)25/h4-13H,3H2,1-2H3,(H,27,28). The molecule has 3 rings (SSSR count). The topological polar surface area (TPSA) is 60.5 Å². The predicted octanol–water partition coefficient (Wildman–Crippen LogP) is 5.90. The van der Waals surface area contributed by atoms with E-state index in [1.54, 1.807) is 37.3 Å². The van der Waals surface area contributed by atoms with E-state index in [0.717, 1.165) is 24.2 Å². The highest BCUT2D eigenvalue weighted by Crippen LogP contribution is 2.28. The molecule has 5 nitrogen and oxygen atoms in total. The van der Waals surface area contributed by atoms with E-state index in [1.807, 2.05) is 13.0 Å². The number of aromatic nitrogens is 1. The number of benzene rings is 2. The molecule has 0 radical (unpaired) electrons. The van der Waals surface area contributed by atoms with Crippen LogP contribution >= 0.6 is 0 Å². The highest BCUT2D eigenvalue weighted by molar-refractivity contribution is 6.05. The number of carbonyl (C=O) groups excluding carboxylic acids is 1. The van der Waals surface area contributed by atoms with Crippen molar-refractivity contribution in [1.29, 1.82) is 0 Å². The lowest BCUT2D eigenvalue weighted by Crippen LogP contribution is -2.16. The number of nitrogens with zero attached hydrogens (tertiary/aromatic N) is 1. The first-order valence-corrected chi connectivity index (χ1v) is 9.15. The molecule has 0 spiro atoms. The van der Waals surface area contributed by atoms with Gasteiger partial charge in [-0.3, -0.25) is 9.78 Å². The predicted molar refractivity (Wildman–Crippen MR) is 106 cm³/mol. The Bertz CT molecular complexity index is 1020. The average Bonchev–Trinajstić information content (AvgIpc) is 2.69. The highest BCUT2D eigenvalue weighted by Gasteiger charge is 2.30. The number of pyridine rings is 1. The van der Waals surface area contributed by atoms with Gasteiger partial charge < -0.3 is 14.8 Å². The second kappa shape index (κ2) is 8.86. The third-order valence-corrected chi connectivity index (χ3v) is 4.16. The van der Waals surface area contributed by atoms with Crippen LogP contribution in [0.1, 0.15) is 28.7 Å². The Morgan fingerprint density at radius 2 is 1.50 bits per heavy atom. The fraction of sp³-hybridized carbons (Fsp3) is 0.182. The molecule has 1 aromatic heterocycles. The smallest absolute Gasteiger partial charge is 0.457 e. The molecule has 0 aliphatic heterocycles. The molecule has 8 heteroatoms. The van der Waals surface area contributed by atoms with E-state index in [2.05, 4.69) is 15.0 Å². The molecule has 1 amide bonds. The lowest BCUT2D eigenvalue weighted by atomic mass is 10.1. The van der Waals surface area contributed by atoms with Crippen LogP contribution in [0.2, 0.25) is 0 Å². The summed E-state index contributed by atoms with van der Waals surface area (Å²) in [6, 6.07) is 15.2. The third-order valence-electron chi connectivity index (χ3n) is 4.16. The molecule has 0 fully saturated rings. The van der Waals surface area contributed by atoms with Gasteiger partial charge in [0.1, 0.15) is 17.2 Å². The summed E-state index contributed by atoms with van der Waals surface area (Å²) in [5.41, 5.74) is 2.64. The first-order valence-electron chi connectivity index (χ1n) is 9.15. The fourth-order valence-electron chi connectivity index (χ4n) is 2.70. The summed E-state index contributed by atoms with van der Waals surface area (Å²) < 4.78 is 46.0. The number of amides is 1. The molecule has 3 aromatic rings. The molecular formula is C22H19F3N2O3. The van der Waals surface area contributed by atoms with Gasteiger partial charge in [0.25, 0.3) is 5.91 Å². The molecule has 0 bridgehead atoms. The normalized spacial score (nSPS) is 11.1. The van der Waals surface area contributed by atoms with Crippen LogP contribution < -0.4 is 14.8 Å². The van der Waals surface area contributed by atoms with Gasteiger partial charge in [-0.2, -0.15) is 0 Å². The molecule has 30 heavy (non-hydrogen) atoms. The second-order valence-electron chi connectivity index (χ2n) is 6.39. The molecule has 156 valence electrons. The van der Waals surface area contributed by atoms with Crippen LogP contribution in [-0.2, 0) is 6.42 Å². The third kappa shape index (κ3) is 5.73. The molecule has 0 atom stereocenters. The molecular weight excluding hydrogens is 397 g/mol. The number of anilines is 1. The van der Waals surface area contributed by atoms with E-state index >= 15 is 0 Å². The zero-order valence-corrected chi connectivity index (χ0v) is 16.3. The van der Waals surface area contributed by atoms with Crippen molar-refractivity contribution in [1.82, 2.24) is 4.98 Å². The van der Waals surface area contributed by atoms with Crippen molar-refractivity contribution >= 4 is 11.6 Å². The van der Waals surface area contributed by atoms with Crippen LogP contribution in [0.4, 0.5) is 18.9 Å². The zero-order chi connectivity index (χ0) is 21.7. The van der Waals surface area contributed by atoms with Crippen LogP contribution in [0.15, 0.2) is 60.7 Å². The first kappa shape index (κ1) is 21.2. The molecule has 0 unspecified atom stereocenters. The lowest BCUT2D eigenvalue weighted by Gasteiger charge is -2.11. The van der Waals surface area contributed by atoms with E-state index in [4.69, 9.17) is 4.74 Å². The minimum absolute atomic E-state index is 0.267. The van der Waals surface area contributed by atoms with Gasteiger partial charge in [0.15, 0.2) is 0 Å². The van der Waals surface area contributed by atoms with E-state index in [9.17, 15) is 18.0 Å². The van der Waals surface area contributed by atoms with Crippen LogP contribution in [-0.4, -0.2) is 17.3 Å². The summed E-state index contributed by atoms with van der Waals surface area (Å²) in [5, 5.41) is 2.80. The van der Waals surface area contributed by atoms with Gasteiger partial charge >= 0.3 is 6.36 Å². The number of hydrogen-bond donors (Lipinski definition) is 1. The van der Waals surface area contributed by atoms with Gasteiger partial charge in [0.2, 0.25) is 0 Å². The van der Waals surface area contributed by atoms with E-state index in [0.29, 0.717) is 28.4 Å². The number of carbonyl (C=O) groups is 1. The Balaban J connectivity index is 1.61. The Morgan fingerprint density at radius 3 is 2.03 bits per heavy atom. The van der Waals surface area contributed by atoms with Gasteiger partial charge in [-0.15, -0.1) is 13.2 Å². The van der Waals surface area contributed by atoms with Crippen LogP contribution in [0.25, 0.3) is 0 Å². The summed E-state index contributed by atoms with van der Waals surface area (Å²) in [4.78, 5) is 16.9. The van der Waals surface area contributed by atoms with Gasteiger partial charge in [-0.05, 0) is 74.0 Å². The summed E-state index contributed by atoms with van der Waals surface area (Å²) in [5.74, 6) is 0.211. The number of aryl methyl sites for hydroxylation is 2. The lowest BCUT2D eigenvalue weighted by molar-refractivity contribution is -0.274. The Labute approximate surface area is 171 Å². The van der Waals surface area contributed by atoms with Crippen molar-refractivity contribution in [2.75, 3.05) is 5.32 Å². The molecule has 0 aliphatic carbocycles. The van der Waals surface area contributed by atoms with Crippen molar-refractivity contribution in [3.8, 4) is 17.2 Å². The molecule has 1 heterocycles. The van der Waals surface area contributed by atoms with Crippen molar-refractivity contribution in [3.05, 3.63) is 77.6 Å². The van der Waals surface area contributed by atoms with Gasteiger partial charge in [0.05, 0.1) is 11.3 Å². The van der Waals surface area contributed by atoms with Crippen molar-refractivity contribution in [2.45, 2.75) is 26.6 Å². The molecule has 0 saturated carbocycles. The summed E-state index contributed by atoms with van der Waals surface area (Å²) in [6.07, 6.45) is -3.95. The number of halogens is 3. The largest absolute Gasteiger partial charge is 0.573 e. The quantitative estimate of drug-likeness (QED) is 0.544. The van der Waals surface area contributed by atoms with Crippen molar-refractivity contribution in [2.24, 2.45) is 0 Å². The maximum atomic E-state index is 12.5. The number of ether oxygens (including phenoxy) is 2.